The zero-order valence-electron chi connectivity index (χ0n) is 14.4. The van der Waals surface area contributed by atoms with Gasteiger partial charge in [0.1, 0.15) is 0 Å². The molecule has 1 atom stereocenters. The van der Waals surface area contributed by atoms with Crippen molar-refractivity contribution >= 4 is 11.9 Å². The molecule has 1 fully saturated rings. The average Bonchev–Trinajstić information content (AvgIpc) is 2.60. The number of methoxy groups -OCH3 is 1. The lowest BCUT2D eigenvalue weighted by atomic mass is 9.90. The van der Waals surface area contributed by atoms with Crippen molar-refractivity contribution in [3.63, 3.8) is 0 Å². The minimum Gasteiger partial charge on any atom is -0.478 e. The van der Waals surface area contributed by atoms with Crippen LogP contribution in [-0.4, -0.2) is 73.7 Å². The number of hydrogen-bond acceptors (Lipinski definition) is 4. The SMILES string of the molecule is COCCN(C)CC(=O)N1CCC[C@@H](c2ccc(C(=O)O)cc2)C1. The summed E-state index contributed by atoms with van der Waals surface area (Å²) in [5, 5.41) is 8.98. The first kappa shape index (κ1) is 18.4. The number of carbonyl (C=O) groups is 2. The highest BCUT2D eigenvalue weighted by atomic mass is 16.5. The Balaban J connectivity index is 1.93. The molecule has 132 valence electrons. The lowest BCUT2D eigenvalue weighted by Crippen LogP contribution is -2.44. The topological polar surface area (TPSA) is 70.1 Å². The van der Waals surface area contributed by atoms with Gasteiger partial charge in [0.2, 0.25) is 5.91 Å². The maximum absolute atomic E-state index is 12.5. The molecule has 1 heterocycles. The van der Waals surface area contributed by atoms with Crippen molar-refractivity contribution < 1.29 is 19.4 Å². The number of carboxylic acid groups (broad SMARTS) is 1. The first-order valence-corrected chi connectivity index (χ1v) is 8.29. The Morgan fingerprint density at radius 1 is 1.33 bits per heavy atom. The van der Waals surface area contributed by atoms with Gasteiger partial charge in [0.15, 0.2) is 0 Å². The molecule has 24 heavy (non-hydrogen) atoms. The summed E-state index contributed by atoms with van der Waals surface area (Å²) in [7, 11) is 3.57. The van der Waals surface area contributed by atoms with Gasteiger partial charge in [-0.1, -0.05) is 12.1 Å². The van der Waals surface area contributed by atoms with Gasteiger partial charge in [-0.15, -0.1) is 0 Å². The summed E-state index contributed by atoms with van der Waals surface area (Å²) in [5.74, 6) is -0.503. The highest BCUT2D eigenvalue weighted by Gasteiger charge is 2.25. The summed E-state index contributed by atoms with van der Waals surface area (Å²) < 4.78 is 5.03. The molecule has 0 unspecified atom stereocenters. The lowest BCUT2D eigenvalue weighted by Gasteiger charge is -2.34. The first-order chi connectivity index (χ1) is 11.5. The molecule has 6 nitrogen and oxygen atoms in total. The van der Waals surface area contributed by atoms with Crippen LogP contribution in [0.25, 0.3) is 0 Å². The van der Waals surface area contributed by atoms with E-state index in [2.05, 4.69) is 0 Å². The third-order valence-corrected chi connectivity index (χ3v) is 4.49. The molecule has 0 spiro atoms. The van der Waals surface area contributed by atoms with Crippen molar-refractivity contribution in [2.45, 2.75) is 18.8 Å². The molecule has 1 saturated heterocycles. The van der Waals surface area contributed by atoms with Gasteiger partial charge in [-0.3, -0.25) is 9.69 Å². The second-order valence-electron chi connectivity index (χ2n) is 6.34. The van der Waals surface area contributed by atoms with Crippen molar-refractivity contribution in [1.29, 1.82) is 0 Å². The number of piperidine rings is 1. The van der Waals surface area contributed by atoms with Crippen LogP contribution in [0.4, 0.5) is 0 Å². The number of ether oxygens (including phenoxy) is 1. The van der Waals surface area contributed by atoms with E-state index in [0.29, 0.717) is 25.3 Å². The lowest BCUT2D eigenvalue weighted by molar-refractivity contribution is -0.133. The summed E-state index contributed by atoms with van der Waals surface area (Å²) >= 11 is 0. The molecule has 1 aromatic rings. The molecule has 1 N–H and O–H groups in total. The van der Waals surface area contributed by atoms with Crippen molar-refractivity contribution in [2.24, 2.45) is 0 Å². The monoisotopic (exact) mass is 334 g/mol. The minimum atomic E-state index is -0.916. The van der Waals surface area contributed by atoms with Crippen LogP contribution >= 0.6 is 0 Å². The summed E-state index contributed by atoms with van der Waals surface area (Å²) in [6, 6.07) is 7.01. The standard InChI is InChI=1S/C18H26N2O4/c1-19(10-11-24-2)13-17(21)20-9-3-4-16(12-20)14-5-7-15(8-6-14)18(22)23/h5-8,16H,3-4,9-13H2,1-2H3,(H,22,23)/t16-/m1/s1. The first-order valence-electron chi connectivity index (χ1n) is 8.29. The molecule has 0 saturated carbocycles. The third-order valence-electron chi connectivity index (χ3n) is 4.49. The van der Waals surface area contributed by atoms with E-state index in [-0.39, 0.29) is 11.8 Å². The van der Waals surface area contributed by atoms with Gasteiger partial charge in [-0.05, 0) is 37.6 Å². The predicted molar refractivity (Wildman–Crippen MR) is 91.3 cm³/mol. The van der Waals surface area contributed by atoms with Gasteiger partial charge in [-0.2, -0.15) is 0 Å². The van der Waals surface area contributed by atoms with E-state index in [4.69, 9.17) is 9.84 Å². The highest BCUT2D eigenvalue weighted by molar-refractivity contribution is 5.87. The molecule has 1 aromatic carbocycles. The molecule has 2 rings (SSSR count). The Hall–Kier alpha value is -1.92. The molecule has 0 aromatic heterocycles. The number of hydrogen-bond donors (Lipinski definition) is 1. The van der Waals surface area contributed by atoms with E-state index in [1.54, 1.807) is 19.2 Å². The van der Waals surface area contributed by atoms with Crippen LogP contribution in [0.3, 0.4) is 0 Å². The number of likely N-dealkylation sites (tertiary alicyclic amines) is 1. The maximum atomic E-state index is 12.5. The molecule has 6 heteroatoms. The molecular weight excluding hydrogens is 308 g/mol. The van der Waals surface area contributed by atoms with E-state index < -0.39 is 5.97 Å². The Labute approximate surface area is 143 Å². The third kappa shape index (κ3) is 5.04. The minimum absolute atomic E-state index is 0.139. The fourth-order valence-corrected chi connectivity index (χ4v) is 3.03. The second kappa shape index (κ2) is 8.80. The normalized spacial score (nSPS) is 18.0. The Kier molecular flexibility index (Phi) is 6.75. The fraction of sp³-hybridized carbons (Fsp3) is 0.556. The predicted octanol–water partition coefficient (Wildman–Crippen LogP) is 1.67. The average molecular weight is 334 g/mol. The smallest absolute Gasteiger partial charge is 0.335 e. The number of rotatable bonds is 7. The number of likely N-dealkylation sites (N-methyl/N-ethyl adjacent to an activating group) is 1. The number of amides is 1. The van der Waals surface area contributed by atoms with Gasteiger partial charge in [0, 0.05) is 32.7 Å². The van der Waals surface area contributed by atoms with Crippen LogP contribution in [0.1, 0.15) is 34.7 Å². The Morgan fingerprint density at radius 3 is 2.67 bits per heavy atom. The van der Waals surface area contributed by atoms with Crippen LogP contribution in [0.2, 0.25) is 0 Å². The molecule has 1 aliphatic rings. The largest absolute Gasteiger partial charge is 0.478 e. The van der Waals surface area contributed by atoms with Gasteiger partial charge in [0.25, 0.3) is 0 Å². The van der Waals surface area contributed by atoms with Gasteiger partial charge >= 0.3 is 5.97 Å². The Morgan fingerprint density at radius 2 is 2.04 bits per heavy atom. The van der Waals surface area contributed by atoms with Crippen LogP contribution in [-0.2, 0) is 9.53 Å². The van der Waals surface area contributed by atoms with Crippen molar-refractivity contribution in [3.05, 3.63) is 35.4 Å². The molecular formula is C18H26N2O4. The molecule has 0 radical (unpaired) electrons. The zero-order valence-corrected chi connectivity index (χ0v) is 14.4. The summed E-state index contributed by atoms with van der Waals surface area (Å²) in [6.07, 6.45) is 1.99. The number of carbonyl (C=O) groups excluding carboxylic acids is 1. The van der Waals surface area contributed by atoms with Crippen molar-refractivity contribution in [1.82, 2.24) is 9.80 Å². The van der Waals surface area contributed by atoms with E-state index in [1.807, 2.05) is 29.0 Å². The molecule has 0 aliphatic carbocycles. The van der Waals surface area contributed by atoms with Crippen LogP contribution in [0.5, 0.6) is 0 Å². The summed E-state index contributed by atoms with van der Waals surface area (Å²) in [6.45, 7) is 3.23. The van der Waals surface area contributed by atoms with E-state index >= 15 is 0 Å². The number of carboxylic acids is 1. The van der Waals surface area contributed by atoms with Crippen LogP contribution < -0.4 is 0 Å². The number of aromatic carboxylic acids is 1. The highest BCUT2D eigenvalue weighted by Crippen LogP contribution is 2.27. The molecule has 0 bridgehead atoms. The van der Waals surface area contributed by atoms with E-state index in [9.17, 15) is 9.59 Å². The van der Waals surface area contributed by atoms with Crippen LogP contribution in [0, 0.1) is 0 Å². The molecule has 1 aliphatic heterocycles. The quantitative estimate of drug-likeness (QED) is 0.821. The second-order valence-corrected chi connectivity index (χ2v) is 6.34. The van der Waals surface area contributed by atoms with E-state index in [1.165, 1.54) is 0 Å². The van der Waals surface area contributed by atoms with Crippen LogP contribution in [0.15, 0.2) is 24.3 Å². The van der Waals surface area contributed by atoms with Crippen molar-refractivity contribution in [3.8, 4) is 0 Å². The zero-order chi connectivity index (χ0) is 17.5. The van der Waals surface area contributed by atoms with E-state index in [0.717, 1.165) is 31.5 Å². The summed E-state index contributed by atoms with van der Waals surface area (Å²) in [4.78, 5) is 27.3. The maximum Gasteiger partial charge on any atom is 0.335 e. The summed E-state index contributed by atoms with van der Waals surface area (Å²) in [5.41, 5.74) is 1.40. The van der Waals surface area contributed by atoms with Gasteiger partial charge in [0.05, 0.1) is 18.7 Å². The molecule has 1 amide bonds. The fourth-order valence-electron chi connectivity index (χ4n) is 3.03. The van der Waals surface area contributed by atoms with Gasteiger partial charge in [-0.25, -0.2) is 4.79 Å². The number of nitrogens with zero attached hydrogens (tertiary/aromatic N) is 2. The Bertz CT molecular complexity index is 559. The number of benzene rings is 1. The van der Waals surface area contributed by atoms with Crippen molar-refractivity contribution in [2.75, 3.05) is 46.9 Å². The van der Waals surface area contributed by atoms with Gasteiger partial charge < -0.3 is 14.7 Å².